The number of aromatic nitrogens is 2. The number of aryl methyl sites for hydroxylation is 2. The first-order valence-corrected chi connectivity index (χ1v) is 14.9. The van der Waals surface area contributed by atoms with Crippen LogP contribution in [-0.2, 0) is 34.8 Å². The lowest BCUT2D eigenvalue weighted by molar-refractivity contribution is -0.119. The van der Waals surface area contributed by atoms with E-state index >= 15 is 0 Å². The predicted molar refractivity (Wildman–Crippen MR) is 153 cm³/mol. The van der Waals surface area contributed by atoms with Gasteiger partial charge in [-0.1, -0.05) is 55.5 Å². The molecule has 0 unspecified atom stereocenters. The molecule has 1 N–H and O–H groups in total. The van der Waals surface area contributed by atoms with Crippen molar-refractivity contribution in [3.63, 3.8) is 0 Å². The highest BCUT2D eigenvalue weighted by Crippen LogP contribution is 2.35. The SMILES string of the molecule is C[C@@H](CC(=O)N(Cc1nccn1C)c1ccc2c(c1)[C@@H](NS(=O)(=O)c1ccccc1F)CCC2)c1ccccc1. The molecule has 0 saturated heterocycles. The summed E-state index contributed by atoms with van der Waals surface area (Å²) in [5, 5.41) is 0. The first kappa shape index (κ1) is 27.7. The Bertz CT molecular complexity index is 1600. The molecule has 1 heterocycles. The van der Waals surface area contributed by atoms with E-state index < -0.39 is 21.9 Å². The number of hydrogen-bond donors (Lipinski definition) is 1. The van der Waals surface area contributed by atoms with E-state index in [0.717, 1.165) is 41.4 Å². The second-order valence-electron chi connectivity index (χ2n) is 10.3. The monoisotopic (exact) mass is 560 g/mol. The van der Waals surface area contributed by atoms with Crippen molar-refractivity contribution in [1.29, 1.82) is 0 Å². The first-order valence-electron chi connectivity index (χ1n) is 13.4. The van der Waals surface area contributed by atoms with Crippen LogP contribution in [0.4, 0.5) is 10.1 Å². The Labute approximate surface area is 234 Å². The molecule has 0 fully saturated rings. The zero-order valence-corrected chi connectivity index (χ0v) is 23.4. The van der Waals surface area contributed by atoms with Crippen molar-refractivity contribution < 1.29 is 17.6 Å². The van der Waals surface area contributed by atoms with Crippen LogP contribution < -0.4 is 9.62 Å². The summed E-state index contributed by atoms with van der Waals surface area (Å²) in [4.78, 5) is 19.6. The van der Waals surface area contributed by atoms with Crippen molar-refractivity contribution >= 4 is 21.6 Å². The van der Waals surface area contributed by atoms with E-state index in [1.807, 2.05) is 73.3 Å². The highest BCUT2D eigenvalue weighted by molar-refractivity contribution is 7.89. The first-order chi connectivity index (χ1) is 19.2. The number of halogens is 1. The van der Waals surface area contributed by atoms with Crippen molar-refractivity contribution in [3.05, 3.63) is 114 Å². The molecule has 0 spiro atoms. The van der Waals surface area contributed by atoms with Crippen LogP contribution in [0.25, 0.3) is 0 Å². The summed E-state index contributed by atoms with van der Waals surface area (Å²) in [6, 6.07) is 20.5. The van der Waals surface area contributed by atoms with Gasteiger partial charge in [0.25, 0.3) is 0 Å². The third-order valence-electron chi connectivity index (χ3n) is 7.55. The summed E-state index contributed by atoms with van der Waals surface area (Å²) in [7, 11) is -2.21. The Morgan fingerprint density at radius 1 is 1.12 bits per heavy atom. The van der Waals surface area contributed by atoms with Gasteiger partial charge >= 0.3 is 0 Å². The van der Waals surface area contributed by atoms with Crippen molar-refractivity contribution in [1.82, 2.24) is 14.3 Å². The number of rotatable bonds is 9. The normalized spacial score (nSPS) is 15.8. The third kappa shape index (κ3) is 6.00. The van der Waals surface area contributed by atoms with E-state index in [-0.39, 0.29) is 23.3 Å². The minimum absolute atomic E-state index is 0.00975. The molecule has 1 aromatic heterocycles. The van der Waals surface area contributed by atoms with Crippen LogP contribution >= 0.6 is 0 Å². The van der Waals surface area contributed by atoms with Crippen molar-refractivity contribution in [3.8, 4) is 0 Å². The van der Waals surface area contributed by atoms with Crippen LogP contribution in [0.3, 0.4) is 0 Å². The van der Waals surface area contributed by atoms with E-state index in [2.05, 4.69) is 9.71 Å². The Kier molecular flexibility index (Phi) is 8.14. The van der Waals surface area contributed by atoms with E-state index in [4.69, 9.17) is 0 Å². The molecule has 7 nitrogen and oxygen atoms in total. The zero-order chi connectivity index (χ0) is 28.3. The lowest BCUT2D eigenvalue weighted by Crippen LogP contribution is -2.34. The number of carbonyl (C=O) groups is 1. The van der Waals surface area contributed by atoms with Gasteiger partial charge in [0, 0.05) is 37.6 Å². The zero-order valence-electron chi connectivity index (χ0n) is 22.6. The highest BCUT2D eigenvalue weighted by Gasteiger charge is 2.29. The largest absolute Gasteiger partial charge is 0.337 e. The van der Waals surface area contributed by atoms with Crippen LogP contribution in [-0.4, -0.2) is 23.9 Å². The van der Waals surface area contributed by atoms with Crippen molar-refractivity contribution in [2.75, 3.05) is 4.90 Å². The van der Waals surface area contributed by atoms with Crippen LogP contribution in [0.1, 0.15) is 60.7 Å². The van der Waals surface area contributed by atoms with Crippen LogP contribution in [0.15, 0.2) is 90.1 Å². The number of anilines is 1. The van der Waals surface area contributed by atoms with Crippen LogP contribution in [0, 0.1) is 5.82 Å². The summed E-state index contributed by atoms with van der Waals surface area (Å²) in [6.07, 6.45) is 6.00. The van der Waals surface area contributed by atoms with Crippen LogP contribution in [0.2, 0.25) is 0 Å². The number of nitrogens with zero attached hydrogens (tertiary/aromatic N) is 3. The molecule has 1 aliphatic carbocycles. The number of fused-ring (bicyclic) bond motifs is 1. The molecule has 1 amide bonds. The predicted octanol–water partition coefficient (Wildman–Crippen LogP) is 5.64. The summed E-state index contributed by atoms with van der Waals surface area (Å²) < 4.78 is 45.2. The number of imidazole rings is 1. The maximum atomic E-state index is 14.4. The number of hydrogen-bond acceptors (Lipinski definition) is 4. The maximum absolute atomic E-state index is 14.4. The topological polar surface area (TPSA) is 84.3 Å². The molecular weight excluding hydrogens is 527 g/mol. The fourth-order valence-corrected chi connectivity index (χ4v) is 6.60. The average molecular weight is 561 g/mol. The number of sulfonamides is 1. The molecule has 0 aliphatic heterocycles. The number of carbonyl (C=O) groups excluding carboxylic acids is 1. The summed E-state index contributed by atoms with van der Waals surface area (Å²) in [6.45, 7) is 2.31. The minimum atomic E-state index is -4.09. The molecule has 3 aromatic carbocycles. The van der Waals surface area contributed by atoms with Gasteiger partial charge in [-0.25, -0.2) is 22.5 Å². The summed E-state index contributed by atoms with van der Waals surface area (Å²) in [5.41, 5.74) is 3.57. The fraction of sp³-hybridized carbons (Fsp3) is 0.290. The Morgan fingerprint density at radius 3 is 2.60 bits per heavy atom. The minimum Gasteiger partial charge on any atom is -0.337 e. The lowest BCUT2D eigenvalue weighted by atomic mass is 9.87. The van der Waals surface area contributed by atoms with Gasteiger partial charge in [0.2, 0.25) is 15.9 Å². The van der Waals surface area contributed by atoms with E-state index in [1.165, 1.54) is 18.2 Å². The molecule has 4 aromatic rings. The van der Waals surface area contributed by atoms with Gasteiger partial charge in [-0.05, 0) is 66.1 Å². The Hall–Kier alpha value is -3.82. The fourth-order valence-electron chi connectivity index (χ4n) is 5.28. The maximum Gasteiger partial charge on any atom is 0.244 e. The van der Waals surface area contributed by atoms with Gasteiger partial charge < -0.3 is 9.47 Å². The quantitative estimate of drug-likeness (QED) is 0.287. The molecule has 0 bridgehead atoms. The lowest BCUT2D eigenvalue weighted by Gasteiger charge is -2.30. The smallest absolute Gasteiger partial charge is 0.244 e. The van der Waals surface area contributed by atoms with E-state index in [0.29, 0.717) is 18.5 Å². The molecule has 2 atom stereocenters. The van der Waals surface area contributed by atoms with Gasteiger partial charge in [0.1, 0.15) is 16.5 Å². The molecular formula is C31H33FN4O3S. The molecule has 9 heteroatoms. The standard InChI is InChI=1S/C31H33FN4O3S/c1-22(23-9-4-3-5-10-23)19-31(37)36(21-30-33-17-18-35(30)2)25-16-15-24-11-8-13-28(26(24)20-25)34-40(38,39)29-14-7-6-12-27(29)32/h3-7,9-10,12,14-18,20,22,28,34H,8,11,13,19,21H2,1-2H3/t22-,28-/m0/s1. The van der Waals surface area contributed by atoms with E-state index in [1.54, 1.807) is 11.1 Å². The molecule has 0 radical (unpaired) electrons. The molecule has 40 heavy (non-hydrogen) atoms. The second kappa shape index (κ2) is 11.7. The molecule has 0 saturated carbocycles. The van der Waals surface area contributed by atoms with Crippen molar-refractivity contribution in [2.45, 2.75) is 56.0 Å². The van der Waals surface area contributed by atoms with E-state index in [9.17, 15) is 17.6 Å². The highest BCUT2D eigenvalue weighted by atomic mass is 32.2. The average Bonchev–Trinajstić information content (AvgIpc) is 3.36. The number of nitrogens with one attached hydrogen (secondary N) is 1. The van der Waals surface area contributed by atoms with Gasteiger partial charge in [0.15, 0.2) is 0 Å². The van der Waals surface area contributed by atoms with Crippen LogP contribution in [0.5, 0.6) is 0 Å². The van der Waals surface area contributed by atoms with Gasteiger partial charge in [-0.2, -0.15) is 0 Å². The number of benzene rings is 3. The Morgan fingerprint density at radius 2 is 1.88 bits per heavy atom. The van der Waals surface area contributed by atoms with Crippen molar-refractivity contribution in [2.24, 2.45) is 7.05 Å². The third-order valence-corrected chi connectivity index (χ3v) is 9.05. The molecule has 208 valence electrons. The van der Waals surface area contributed by atoms with Gasteiger partial charge in [-0.3, -0.25) is 4.79 Å². The van der Waals surface area contributed by atoms with Gasteiger partial charge in [-0.15, -0.1) is 0 Å². The Balaban J connectivity index is 1.47. The number of amides is 1. The summed E-state index contributed by atoms with van der Waals surface area (Å²) in [5.74, 6) is -0.108. The second-order valence-corrected chi connectivity index (χ2v) is 12.0. The van der Waals surface area contributed by atoms with Gasteiger partial charge in [0.05, 0.1) is 6.54 Å². The summed E-state index contributed by atoms with van der Waals surface area (Å²) >= 11 is 0. The molecule has 1 aliphatic rings. The molecule has 5 rings (SSSR count).